The molecule has 0 saturated carbocycles. The van der Waals surface area contributed by atoms with Crippen molar-refractivity contribution in [2.45, 2.75) is 40.7 Å². The first kappa shape index (κ1) is 14.0. The average Bonchev–Trinajstić information content (AvgIpc) is 2.31. The van der Waals surface area contributed by atoms with Gasteiger partial charge in [0, 0.05) is 13.1 Å². The lowest BCUT2D eigenvalue weighted by molar-refractivity contribution is 0.377. The molecule has 0 unspecified atom stereocenters. The molecule has 0 bridgehead atoms. The molecule has 0 aliphatic rings. The molecule has 17 heavy (non-hydrogen) atoms. The summed E-state index contributed by atoms with van der Waals surface area (Å²) < 4.78 is 1.35. The first-order valence-corrected chi connectivity index (χ1v) is 6.28. The molecule has 0 aliphatic heterocycles. The highest BCUT2D eigenvalue weighted by atomic mass is 35.5. The van der Waals surface area contributed by atoms with Crippen LogP contribution in [0.25, 0.3) is 0 Å². The molecule has 0 aromatic carbocycles. The van der Waals surface area contributed by atoms with Gasteiger partial charge in [-0.25, -0.2) is 4.68 Å². The molecule has 0 aliphatic carbocycles. The van der Waals surface area contributed by atoms with E-state index in [-0.39, 0.29) is 16.0 Å². The molecular formula is C12H20ClN3O. The zero-order valence-electron chi connectivity index (χ0n) is 10.9. The quantitative estimate of drug-likeness (QED) is 0.882. The Morgan fingerprint density at radius 3 is 2.65 bits per heavy atom. The van der Waals surface area contributed by atoms with E-state index in [1.165, 1.54) is 4.68 Å². The van der Waals surface area contributed by atoms with Crippen molar-refractivity contribution in [3.8, 4) is 0 Å². The minimum atomic E-state index is -0.242. The summed E-state index contributed by atoms with van der Waals surface area (Å²) in [5.41, 5.74) is 0.541. The molecule has 0 atom stereocenters. The fourth-order valence-corrected chi connectivity index (χ4v) is 1.49. The second kappa shape index (κ2) is 5.54. The number of nitrogens with one attached hydrogen (secondary N) is 1. The maximum atomic E-state index is 11.7. The zero-order valence-corrected chi connectivity index (χ0v) is 11.6. The zero-order chi connectivity index (χ0) is 13.1. The maximum absolute atomic E-state index is 11.7. The van der Waals surface area contributed by atoms with Crippen molar-refractivity contribution < 1.29 is 0 Å². The number of hydrogen-bond donors (Lipinski definition) is 1. The van der Waals surface area contributed by atoms with Gasteiger partial charge >= 0.3 is 0 Å². The van der Waals surface area contributed by atoms with Gasteiger partial charge in [0.2, 0.25) is 0 Å². The Morgan fingerprint density at radius 1 is 1.47 bits per heavy atom. The summed E-state index contributed by atoms with van der Waals surface area (Å²) in [5.74, 6) is 0. The summed E-state index contributed by atoms with van der Waals surface area (Å²) in [7, 11) is 0. The summed E-state index contributed by atoms with van der Waals surface area (Å²) in [6, 6.07) is 0. The van der Waals surface area contributed by atoms with Gasteiger partial charge in [0.15, 0.2) is 0 Å². The Balaban J connectivity index is 2.87. The Bertz CT molecular complexity index is 440. The average molecular weight is 258 g/mol. The fourth-order valence-electron chi connectivity index (χ4n) is 1.27. The van der Waals surface area contributed by atoms with Crippen molar-refractivity contribution >= 4 is 17.3 Å². The molecule has 5 heteroatoms. The molecule has 4 nitrogen and oxygen atoms in total. The number of aryl methyl sites for hydroxylation is 1. The third-order valence-corrected chi connectivity index (χ3v) is 3.36. The van der Waals surface area contributed by atoms with Crippen LogP contribution < -0.4 is 10.9 Å². The van der Waals surface area contributed by atoms with Crippen LogP contribution in [0.5, 0.6) is 0 Å². The molecule has 0 amide bonds. The topological polar surface area (TPSA) is 46.9 Å². The van der Waals surface area contributed by atoms with Gasteiger partial charge in [0.25, 0.3) is 5.56 Å². The van der Waals surface area contributed by atoms with Crippen molar-refractivity contribution in [2.24, 2.45) is 5.41 Å². The summed E-state index contributed by atoms with van der Waals surface area (Å²) in [6.45, 7) is 9.61. The summed E-state index contributed by atoms with van der Waals surface area (Å²) in [4.78, 5) is 11.7. The van der Waals surface area contributed by atoms with E-state index in [1.807, 2.05) is 6.92 Å². The van der Waals surface area contributed by atoms with Crippen molar-refractivity contribution in [2.75, 3.05) is 11.9 Å². The first-order chi connectivity index (χ1) is 7.91. The van der Waals surface area contributed by atoms with E-state index in [9.17, 15) is 4.79 Å². The molecule has 0 fully saturated rings. The molecule has 1 N–H and O–H groups in total. The van der Waals surface area contributed by atoms with Crippen LogP contribution in [-0.4, -0.2) is 16.3 Å². The number of halogens is 1. The lowest BCUT2D eigenvalue weighted by Gasteiger charge is -2.23. The van der Waals surface area contributed by atoms with Crippen LogP contribution in [0.4, 0.5) is 5.69 Å². The molecule has 0 saturated heterocycles. The van der Waals surface area contributed by atoms with Gasteiger partial charge in [0.05, 0.1) is 11.9 Å². The molecule has 1 rings (SSSR count). The van der Waals surface area contributed by atoms with E-state index >= 15 is 0 Å². The van der Waals surface area contributed by atoms with Gasteiger partial charge in [0.1, 0.15) is 5.02 Å². The lowest BCUT2D eigenvalue weighted by atomic mass is 9.90. The number of aromatic nitrogens is 2. The van der Waals surface area contributed by atoms with E-state index in [2.05, 4.69) is 31.2 Å². The molecule has 96 valence electrons. The first-order valence-electron chi connectivity index (χ1n) is 5.90. The molecule has 1 heterocycles. The van der Waals surface area contributed by atoms with Gasteiger partial charge in [-0.1, -0.05) is 32.4 Å². The fraction of sp³-hybridized carbons (Fsp3) is 0.667. The van der Waals surface area contributed by atoms with Gasteiger partial charge < -0.3 is 5.32 Å². The third kappa shape index (κ3) is 3.46. The highest BCUT2D eigenvalue weighted by molar-refractivity contribution is 6.32. The molecule has 1 aromatic heterocycles. The Labute approximate surface area is 107 Å². The summed E-state index contributed by atoms with van der Waals surface area (Å²) in [5, 5.41) is 7.45. The highest BCUT2D eigenvalue weighted by Crippen LogP contribution is 2.22. The number of hydrogen-bond acceptors (Lipinski definition) is 3. The van der Waals surface area contributed by atoms with Crippen LogP contribution >= 0.6 is 11.6 Å². The Kier molecular flexibility index (Phi) is 4.57. The standard InChI is InChI=1S/C12H20ClN3O/c1-5-12(3,4)8-14-9-7-15-16(6-2)11(17)10(9)13/h7,14H,5-6,8H2,1-4H3. The van der Waals surface area contributed by atoms with E-state index in [1.54, 1.807) is 6.20 Å². The largest absolute Gasteiger partial charge is 0.382 e. The van der Waals surface area contributed by atoms with Crippen LogP contribution in [0, 0.1) is 5.41 Å². The minimum absolute atomic E-state index is 0.170. The third-order valence-electron chi connectivity index (χ3n) is 3.00. The van der Waals surface area contributed by atoms with Crippen LogP contribution in [0.15, 0.2) is 11.0 Å². The van der Waals surface area contributed by atoms with Gasteiger partial charge in [-0.2, -0.15) is 5.10 Å². The van der Waals surface area contributed by atoms with E-state index in [0.29, 0.717) is 12.2 Å². The number of anilines is 1. The molecule has 1 aromatic rings. The predicted molar refractivity (Wildman–Crippen MR) is 71.7 cm³/mol. The van der Waals surface area contributed by atoms with Gasteiger partial charge in [-0.3, -0.25) is 4.79 Å². The smallest absolute Gasteiger partial charge is 0.287 e. The maximum Gasteiger partial charge on any atom is 0.287 e. The minimum Gasteiger partial charge on any atom is -0.382 e. The van der Waals surface area contributed by atoms with Crippen molar-refractivity contribution in [1.82, 2.24) is 9.78 Å². The molecule has 0 radical (unpaired) electrons. The Hall–Kier alpha value is -1.03. The van der Waals surface area contributed by atoms with Crippen molar-refractivity contribution in [1.29, 1.82) is 0 Å². The monoisotopic (exact) mass is 257 g/mol. The van der Waals surface area contributed by atoms with E-state index < -0.39 is 0 Å². The predicted octanol–water partition coefficient (Wildman–Crippen LogP) is 2.76. The normalized spacial score (nSPS) is 11.6. The number of rotatable bonds is 5. The van der Waals surface area contributed by atoms with Crippen LogP contribution in [-0.2, 0) is 6.54 Å². The SMILES string of the molecule is CCn1ncc(NCC(C)(C)CC)c(Cl)c1=O. The van der Waals surface area contributed by atoms with Gasteiger partial charge in [-0.05, 0) is 18.8 Å². The second-order valence-electron chi connectivity index (χ2n) is 4.86. The van der Waals surface area contributed by atoms with Crippen LogP contribution in [0.2, 0.25) is 5.02 Å². The van der Waals surface area contributed by atoms with E-state index in [0.717, 1.165) is 13.0 Å². The van der Waals surface area contributed by atoms with Crippen LogP contribution in [0.3, 0.4) is 0 Å². The highest BCUT2D eigenvalue weighted by Gasteiger charge is 2.16. The second-order valence-corrected chi connectivity index (χ2v) is 5.24. The molecular weight excluding hydrogens is 238 g/mol. The van der Waals surface area contributed by atoms with Crippen molar-refractivity contribution in [3.63, 3.8) is 0 Å². The summed E-state index contributed by atoms with van der Waals surface area (Å²) >= 11 is 6.01. The van der Waals surface area contributed by atoms with Crippen LogP contribution in [0.1, 0.15) is 34.1 Å². The van der Waals surface area contributed by atoms with E-state index in [4.69, 9.17) is 11.6 Å². The Morgan fingerprint density at radius 2 is 2.12 bits per heavy atom. The number of nitrogens with zero attached hydrogens (tertiary/aromatic N) is 2. The summed E-state index contributed by atoms with van der Waals surface area (Å²) in [6.07, 6.45) is 2.66. The lowest BCUT2D eigenvalue weighted by Crippen LogP contribution is -2.26. The van der Waals surface area contributed by atoms with Gasteiger partial charge in [-0.15, -0.1) is 0 Å². The molecule has 0 spiro atoms. The van der Waals surface area contributed by atoms with Crippen molar-refractivity contribution in [3.05, 3.63) is 21.6 Å².